The summed E-state index contributed by atoms with van der Waals surface area (Å²) in [6, 6.07) is 11.6. The smallest absolute Gasteiger partial charge is 0.302 e. The van der Waals surface area contributed by atoms with Crippen molar-refractivity contribution in [1.29, 1.82) is 0 Å². The first kappa shape index (κ1) is 19.4. The molecule has 0 spiro atoms. The number of phenolic OH excluding ortho intramolecular Hbond substituents is 3. The summed E-state index contributed by atoms with van der Waals surface area (Å²) >= 11 is 0. The molecule has 2 rings (SSSR count). The summed E-state index contributed by atoms with van der Waals surface area (Å²) in [5.41, 5.74) is 1.86. The van der Waals surface area contributed by atoms with Crippen LogP contribution >= 0.6 is 0 Å². The molecule has 1 atom stereocenters. The summed E-state index contributed by atoms with van der Waals surface area (Å²) in [7, 11) is 0. The van der Waals surface area contributed by atoms with Gasteiger partial charge >= 0.3 is 5.97 Å². The lowest BCUT2D eigenvalue weighted by Crippen LogP contribution is -2.17. The van der Waals surface area contributed by atoms with E-state index in [1.54, 1.807) is 18.2 Å². The lowest BCUT2D eigenvalue weighted by atomic mass is 10.0. The molecule has 0 unspecified atom stereocenters. The first-order valence-electron chi connectivity index (χ1n) is 8.57. The zero-order valence-electron chi connectivity index (χ0n) is 14.8. The molecule has 0 saturated heterocycles. The van der Waals surface area contributed by atoms with Gasteiger partial charge in [-0.05, 0) is 61.1 Å². The normalized spacial score (nSPS) is 12.2. The molecule has 0 aliphatic carbocycles. The average Bonchev–Trinajstić information content (AvgIpc) is 2.60. The SMILES string of the molecule is CC(=O)O[C@@H](CCC=Cc1ccc(O)cc1)CCc1ccc(O)c(O)c1. The molecule has 0 radical (unpaired) electrons. The maximum absolute atomic E-state index is 11.3. The first-order chi connectivity index (χ1) is 12.4. The zero-order chi connectivity index (χ0) is 18.9. The quantitative estimate of drug-likeness (QED) is 0.488. The molecule has 0 amide bonds. The summed E-state index contributed by atoms with van der Waals surface area (Å²) in [6.45, 7) is 1.39. The molecule has 0 aliphatic rings. The largest absolute Gasteiger partial charge is 0.508 e. The van der Waals surface area contributed by atoms with Crippen LogP contribution in [0.4, 0.5) is 0 Å². The van der Waals surface area contributed by atoms with Gasteiger partial charge in [0.1, 0.15) is 11.9 Å². The summed E-state index contributed by atoms with van der Waals surface area (Å²) in [5.74, 6) is -0.378. The highest BCUT2D eigenvalue weighted by atomic mass is 16.5. The van der Waals surface area contributed by atoms with Crippen molar-refractivity contribution in [2.45, 2.75) is 38.7 Å². The average molecular weight is 356 g/mol. The number of rotatable bonds is 8. The second-order valence-electron chi connectivity index (χ2n) is 6.16. The molecule has 0 saturated carbocycles. The van der Waals surface area contributed by atoms with Gasteiger partial charge in [-0.2, -0.15) is 0 Å². The molecule has 0 bridgehead atoms. The van der Waals surface area contributed by atoms with Crippen LogP contribution in [0.15, 0.2) is 48.5 Å². The van der Waals surface area contributed by atoms with Gasteiger partial charge in [0, 0.05) is 6.92 Å². The van der Waals surface area contributed by atoms with Gasteiger partial charge in [0.05, 0.1) is 0 Å². The second-order valence-corrected chi connectivity index (χ2v) is 6.16. The molecule has 0 aromatic heterocycles. The van der Waals surface area contributed by atoms with Gasteiger partial charge < -0.3 is 20.1 Å². The van der Waals surface area contributed by atoms with E-state index in [0.717, 1.165) is 17.5 Å². The molecular weight excluding hydrogens is 332 g/mol. The van der Waals surface area contributed by atoms with Crippen molar-refractivity contribution < 1.29 is 24.9 Å². The molecule has 138 valence electrons. The molecule has 26 heavy (non-hydrogen) atoms. The highest BCUT2D eigenvalue weighted by Crippen LogP contribution is 2.26. The molecule has 5 heteroatoms. The first-order valence-corrected chi connectivity index (χ1v) is 8.57. The number of phenols is 3. The predicted molar refractivity (Wildman–Crippen MR) is 100 cm³/mol. The van der Waals surface area contributed by atoms with Crippen LogP contribution in [-0.2, 0) is 16.0 Å². The van der Waals surface area contributed by atoms with E-state index < -0.39 is 0 Å². The Balaban J connectivity index is 1.86. The number of carbonyl (C=O) groups is 1. The Kier molecular flexibility index (Phi) is 7.09. The molecule has 0 aliphatic heterocycles. The van der Waals surface area contributed by atoms with Crippen molar-refractivity contribution >= 4 is 12.0 Å². The number of hydrogen-bond acceptors (Lipinski definition) is 5. The summed E-state index contributed by atoms with van der Waals surface area (Å²) in [6.07, 6.45) is 6.47. The Labute approximate surface area is 153 Å². The standard InChI is InChI=1S/C21H24O5/c1-15(22)26-19(12-8-17-9-13-20(24)21(25)14-17)5-3-2-4-16-6-10-18(23)11-7-16/h2,4,6-7,9-11,13-14,19,23-25H,3,5,8,12H2,1H3/t19-/m0/s1. The minimum atomic E-state index is -0.314. The Morgan fingerprint density at radius 2 is 1.77 bits per heavy atom. The number of aromatic hydroxyl groups is 3. The van der Waals surface area contributed by atoms with Gasteiger partial charge in [0.15, 0.2) is 11.5 Å². The lowest BCUT2D eigenvalue weighted by molar-refractivity contribution is -0.146. The Morgan fingerprint density at radius 1 is 1.04 bits per heavy atom. The van der Waals surface area contributed by atoms with Crippen LogP contribution in [-0.4, -0.2) is 27.4 Å². The van der Waals surface area contributed by atoms with Crippen molar-refractivity contribution in [3.8, 4) is 17.2 Å². The second kappa shape index (κ2) is 9.51. The molecule has 2 aromatic carbocycles. The minimum absolute atomic E-state index is 0.148. The third-order valence-corrected chi connectivity index (χ3v) is 3.99. The van der Waals surface area contributed by atoms with Gasteiger partial charge in [0.25, 0.3) is 0 Å². The number of aryl methyl sites for hydroxylation is 1. The highest BCUT2D eigenvalue weighted by molar-refractivity contribution is 5.66. The number of benzene rings is 2. The summed E-state index contributed by atoms with van der Waals surface area (Å²) in [4.78, 5) is 11.3. The van der Waals surface area contributed by atoms with Gasteiger partial charge in [0.2, 0.25) is 0 Å². The number of carbonyl (C=O) groups excluding carboxylic acids is 1. The van der Waals surface area contributed by atoms with Gasteiger partial charge in [-0.3, -0.25) is 4.79 Å². The Bertz CT molecular complexity index is 749. The number of ether oxygens (including phenoxy) is 1. The molecular formula is C21H24O5. The monoisotopic (exact) mass is 356 g/mol. The fourth-order valence-corrected chi connectivity index (χ4v) is 2.64. The van der Waals surface area contributed by atoms with Crippen molar-refractivity contribution in [1.82, 2.24) is 0 Å². The zero-order valence-corrected chi connectivity index (χ0v) is 14.8. The fourth-order valence-electron chi connectivity index (χ4n) is 2.64. The van der Waals surface area contributed by atoms with Gasteiger partial charge in [-0.25, -0.2) is 0 Å². The van der Waals surface area contributed by atoms with Crippen LogP contribution in [0.5, 0.6) is 17.2 Å². The fraction of sp³-hybridized carbons (Fsp3) is 0.286. The number of allylic oxidation sites excluding steroid dienone is 1. The molecule has 5 nitrogen and oxygen atoms in total. The van der Waals surface area contributed by atoms with E-state index in [0.29, 0.717) is 19.3 Å². The number of esters is 1. The molecule has 3 N–H and O–H groups in total. The van der Waals surface area contributed by atoms with Crippen molar-refractivity contribution in [3.05, 3.63) is 59.7 Å². The van der Waals surface area contributed by atoms with E-state index in [9.17, 15) is 20.1 Å². The summed E-state index contributed by atoms with van der Waals surface area (Å²) < 4.78 is 5.38. The van der Waals surface area contributed by atoms with E-state index in [-0.39, 0.29) is 29.3 Å². The highest BCUT2D eigenvalue weighted by Gasteiger charge is 2.12. The summed E-state index contributed by atoms with van der Waals surface area (Å²) in [5, 5.41) is 28.2. The van der Waals surface area contributed by atoms with Crippen LogP contribution in [0.2, 0.25) is 0 Å². The van der Waals surface area contributed by atoms with Crippen molar-refractivity contribution in [2.24, 2.45) is 0 Å². The predicted octanol–water partition coefficient (Wildman–Crippen LogP) is 4.16. The Morgan fingerprint density at radius 3 is 2.42 bits per heavy atom. The number of hydrogen-bond donors (Lipinski definition) is 3. The van der Waals surface area contributed by atoms with Crippen LogP contribution in [0, 0.1) is 0 Å². The maximum atomic E-state index is 11.3. The third-order valence-electron chi connectivity index (χ3n) is 3.99. The van der Waals surface area contributed by atoms with Crippen LogP contribution in [0.25, 0.3) is 6.08 Å². The van der Waals surface area contributed by atoms with Crippen molar-refractivity contribution in [2.75, 3.05) is 0 Å². The van der Waals surface area contributed by atoms with E-state index in [2.05, 4.69) is 0 Å². The van der Waals surface area contributed by atoms with E-state index in [4.69, 9.17) is 4.74 Å². The minimum Gasteiger partial charge on any atom is -0.508 e. The molecule has 2 aromatic rings. The Hall–Kier alpha value is -2.95. The van der Waals surface area contributed by atoms with E-state index in [1.807, 2.05) is 24.3 Å². The molecule has 0 fully saturated rings. The third kappa shape index (κ3) is 6.51. The van der Waals surface area contributed by atoms with Crippen LogP contribution in [0.3, 0.4) is 0 Å². The van der Waals surface area contributed by atoms with Crippen LogP contribution in [0.1, 0.15) is 37.3 Å². The topological polar surface area (TPSA) is 87.0 Å². The van der Waals surface area contributed by atoms with Crippen LogP contribution < -0.4 is 0 Å². The van der Waals surface area contributed by atoms with Gasteiger partial charge in [-0.15, -0.1) is 0 Å². The molecule has 0 heterocycles. The van der Waals surface area contributed by atoms with E-state index in [1.165, 1.54) is 19.1 Å². The van der Waals surface area contributed by atoms with Gasteiger partial charge in [-0.1, -0.05) is 30.4 Å². The van der Waals surface area contributed by atoms with E-state index >= 15 is 0 Å². The maximum Gasteiger partial charge on any atom is 0.302 e. The lowest BCUT2D eigenvalue weighted by Gasteiger charge is -2.16. The van der Waals surface area contributed by atoms with Crippen molar-refractivity contribution in [3.63, 3.8) is 0 Å².